The monoisotopic (exact) mass is 289 g/mol. The molecule has 0 radical (unpaired) electrons. The third-order valence-corrected chi connectivity index (χ3v) is 3.80. The van der Waals surface area contributed by atoms with Gasteiger partial charge in [-0.15, -0.1) is 10.2 Å². The number of aromatic nitrogens is 2. The summed E-state index contributed by atoms with van der Waals surface area (Å²) < 4.78 is 5.63. The van der Waals surface area contributed by atoms with Gasteiger partial charge in [-0.1, -0.05) is 11.3 Å². The lowest BCUT2D eigenvalue weighted by Gasteiger charge is -2.06. The number of carbonyl (C=O) groups is 1. The maximum atomic E-state index is 12.0. The van der Waals surface area contributed by atoms with Crippen LogP contribution in [0.15, 0.2) is 24.3 Å². The fourth-order valence-electron chi connectivity index (χ4n) is 1.72. The molecule has 6 heteroatoms. The molecule has 1 aromatic heterocycles. The number of hydrogen-bond donors (Lipinski definition) is 1. The zero-order chi connectivity index (χ0) is 13.9. The van der Waals surface area contributed by atoms with Crippen molar-refractivity contribution in [3.05, 3.63) is 34.8 Å². The van der Waals surface area contributed by atoms with Crippen LogP contribution in [0.4, 0.5) is 5.13 Å². The predicted octanol–water partition coefficient (Wildman–Crippen LogP) is 2.89. The van der Waals surface area contributed by atoms with Crippen molar-refractivity contribution in [2.24, 2.45) is 5.92 Å². The standard InChI is InChI=1S/C14H15N3O2S/c1-9-16-17-14(20-9)15-13(18)11-4-6-12(7-5-11)19-8-10-2-3-10/h4-7,10H,2-3,8H2,1H3,(H,15,17,18). The van der Waals surface area contributed by atoms with Crippen molar-refractivity contribution < 1.29 is 9.53 Å². The molecule has 0 atom stereocenters. The molecule has 0 bridgehead atoms. The number of benzene rings is 1. The van der Waals surface area contributed by atoms with Crippen molar-refractivity contribution in [3.8, 4) is 5.75 Å². The molecule has 0 saturated heterocycles. The van der Waals surface area contributed by atoms with E-state index in [1.807, 2.05) is 19.1 Å². The van der Waals surface area contributed by atoms with Crippen molar-refractivity contribution in [2.75, 3.05) is 11.9 Å². The Morgan fingerprint density at radius 2 is 2.10 bits per heavy atom. The Balaban J connectivity index is 1.59. The minimum Gasteiger partial charge on any atom is -0.493 e. The number of nitrogens with zero attached hydrogens (tertiary/aromatic N) is 2. The molecule has 1 aliphatic rings. The van der Waals surface area contributed by atoms with E-state index >= 15 is 0 Å². The molecule has 104 valence electrons. The number of aryl methyl sites for hydroxylation is 1. The van der Waals surface area contributed by atoms with Crippen molar-refractivity contribution in [1.29, 1.82) is 0 Å². The number of amides is 1. The van der Waals surface area contributed by atoms with Gasteiger partial charge >= 0.3 is 0 Å². The lowest BCUT2D eigenvalue weighted by Crippen LogP contribution is -2.11. The van der Waals surface area contributed by atoms with Crippen LogP contribution in [0.5, 0.6) is 5.75 Å². The van der Waals surface area contributed by atoms with Crippen LogP contribution in [0.2, 0.25) is 0 Å². The third kappa shape index (κ3) is 3.33. The number of nitrogens with one attached hydrogen (secondary N) is 1. The summed E-state index contributed by atoms with van der Waals surface area (Å²) in [6, 6.07) is 7.15. The van der Waals surface area contributed by atoms with E-state index < -0.39 is 0 Å². The van der Waals surface area contributed by atoms with Crippen LogP contribution in [0.3, 0.4) is 0 Å². The molecule has 5 nitrogen and oxygen atoms in total. The Bertz CT molecular complexity index is 605. The lowest BCUT2D eigenvalue weighted by atomic mass is 10.2. The number of rotatable bonds is 5. The first-order valence-corrected chi connectivity index (χ1v) is 7.36. The molecule has 0 aliphatic heterocycles. The highest BCUT2D eigenvalue weighted by atomic mass is 32.1. The van der Waals surface area contributed by atoms with E-state index in [0.717, 1.165) is 23.3 Å². The third-order valence-electron chi connectivity index (χ3n) is 3.05. The van der Waals surface area contributed by atoms with Gasteiger partial charge in [0, 0.05) is 5.56 Å². The second-order valence-corrected chi connectivity index (χ2v) is 6.04. The zero-order valence-electron chi connectivity index (χ0n) is 11.1. The molecule has 1 N–H and O–H groups in total. The van der Waals surface area contributed by atoms with Crippen LogP contribution in [-0.4, -0.2) is 22.7 Å². The molecule has 2 aromatic rings. The van der Waals surface area contributed by atoms with Crippen molar-refractivity contribution in [2.45, 2.75) is 19.8 Å². The topological polar surface area (TPSA) is 64.1 Å². The summed E-state index contributed by atoms with van der Waals surface area (Å²) in [6.07, 6.45) is 2.53. The second kappa shape index (κ2) is 5.58. The molecule has 1 fully saturated rings. The molecule has 20 heavy (non-hydrogen) atoms. The van der Waals surface area contributed by atoms with Gasteiger partial charge in [0.25, 0.3) is 5.91 Å². The predicted molar refractivity (Wildman–Crippen MR) is 77.3 cm³/mol. The van der Waals surface area contributed by atoms with Crippen molar-refractivity contribution >= 4 is 22.4 Å². The average Bonchev–Trinajstić information content (AvgIpc) is 3.20. The van der Waals surface area contributed by atoms with E-state index in [1.54, 1.807) is 12.1 Å². The molecule has 1 amide bonds. The summed E-state index contributed by atoms with van der Waals surface area (Å²) in [7, 11) is 0. The van der Waals surface area contributed by atoms with Crippen LogP contribution < -0.4 is 10.1 Å². The van der Waals surface area contributed by atoms with E-state index in [4.69, 9.17) is 4.74 Å². The SMILES string of the molecule is Cc1nnc(NC(=O)c2ccc(OCC3CC3)cc2)s1. The van der Waals surface area contributed by atoms with E-state index in [2.05, 4.69) is 15.5 Å². The van der Waals surface area contributed by atoms with Gasteiger partial charge in [0.15, 0.2) is 0 Å². The van der Waals surface area contributed by atoms with Crippen molar-refractivity contribution in [3.63, 3.8) is 0 Å². The number of ether oxygens (including phenoxy) is 1. The Morgan fingerprint density at radius 3 is 2.70 bits per heavy atom. The minimum atomic E-state index is -0.185. The Morgan fingerprint density at radius 1 is 1.35 bits per heavy atom. The second-order valence-electron chi connectivity index (χ2n) is 4.86. The van der Waals surface area contributed by atoms with E-state index in [1.165, 1.54) is 24.2 Å². The summed E-state index contributed by atoms with van der Waals surface area (Å²) in [5, 5.41) is 11.8. The Labute approximate surface area is 121 Å². The molecule has 1 heterocycles. The zero-order valence-corrected chi connectivity index (χ0v) is 11.9. The van der Waals surface area contributed by atoms with E-state index in [9.17, 15) is 4.79 Å². The number of carbonyl (C=O) groups excluding carboxylic acids is 1. The minimum absolute atomic E-state index is 0.185. The molecular formula is C14H15N3O2S. The van der Waals surface area contributed by atoms with Gasteiger partial charge in [0.05, 0.1) is 6.61 Å². The summed E-state index contributed by atoms with van der Waals surface area (Å²) >= 11 is 1.35. The fourth-order valence-corrected chi connectivity index (χ4v) is 2.30. The summed E-state index contributed by atoms with van der Waals surface area (Å²) in [6.45, 7) is 2.62. The smallest absolute Gasteiger partial charge is 0.257 e. The quantitative estimate of drug-likeness (QED) is 0.919. The maximum Gasteiger partial charge on any atom is 0.257 e. The Kier molecular flexibility index (Phi) is 3.64. The molecular weight excluding hydrogens is 274 g/mol. The van der Waals surface area contributed by atoms with Gasteiger partial charge in [-0.3, -0.25) is 10.1 Å². The van der Waals surface area contributed by atoms with Gasteiger partial charge in [0.1, 0.15) is 10.8 Å². The fraction of sp³-hybridized carbons (Fsp3) is 0.357. The molecule has 0 spiro atoms. The first kappa shape index (κ1) is 13.1. The van der Waals surface area contributed by atoms with Crippen LogP contribution in [0, 0.1) is 12.8 Å². The first-order valence-electron chi connectivity index (χ1n) is 6.55. The Hall–Kier alpha value is -1.95. The van der Waals surface area contributed by atoms with Crippen LogP contribution in [0.1, 0.15) is 28.2 Å². The lowest BCUT2D eigenvalue weighted by molar-refractivity contribution is 0.102. The van der Waals surface area contributed by atoms with Gasteiger partial charge in [-0.25, -0.2) is 0 Å². The van der Waals surface area contributed by atoms with Crippen LogP contribution in [0.25, 0.3) is 0 Å². The first-order chi connectivity index (χ1) is 9.70. The van der Waals surface area contributed by atoms with Crippen LogP contribution in [-0.2, 0) is 0 Å². The van der Waals surface area contributed by atoms with Crippen LogP contribution >= 0.6 is 11.3 Å². The molecule has 1 saturated carbocycles. The molecule has 3 rings (SSSR count). The van der Waals surface area contributed by atoms with E-state index in [-0.39, 0.29) is 5.91 Å². The normalized spacial score (nSPS) is 14.1. The molecule has 0 unspecified atom stereocenters. The van der Waals surface area contributed by atoms with Crippen molar-refractivity contribution in [1.82, 2.24) is 10.2 Å². The summed E-state index contributed by atoms with van der Waals surface area (Å²) in [4.78, 5) is 12.0. The highest BCUT2D eigenvalue weighted by Crippen LogP contribution is 2.29. The maximum absolute atomic E-state index is 12.0. The number of hydrogen-bond acceptors (Lipinski definition) is 5. The highest BCUT2D eigenvalue weighted by molar-refractivity contribution is 7.15. The van der Waals surface area contributed by atoms with E-state index in [0.29, 0.717) is 10.7 Å². The largest absolute Gasteiger partial charge is 0.493 e. The molecule has 1 aromatic carbocycles. The molecule has 1 aliphatic carbocycles. The van der Waals surface area contributed by atoms with Gasteiger partial charge in [-0.05, 0) is 49.9 Å². The highest BCUT2D eigenvalue weighted by Gasteiger charge is 2.21. The average molecular weight is 289 g/mol. The van der Waals surface area contributed by atoms with Gasteiger partial charge in [-0.2, -0.15) is 0 Å². The summed E-state index contributed by atoms with van der Waals surface area (Å²) in [5.74, 6) is 1.34. The summed E-state index contributed by atoms with van der Waals surface area (Å²) in [5.41, 5.74) is 0.580. The number of anilines is 1. The van der Waals surface area contributed by atoms with Gasteiger partial charge < -0.3 is 4.74 Å². The van der Waals surface area contributed by atoms with Gasteiger partial charge in [0.2, 0.25) is 5.13 Å².